The van der Waals surface area contributed by atoms with Crippen LogP contribution in [0.1, 0.15) is 5.56 Å². The molecule has 0 unspecified atom stereocenters. The minimum atomic E-state index is -3.56. The topological polar surface area (TPSA) is 57.7 Å². The van der Waals surface area contributed by atoms with Gasteiger partial charge >= 0.3 is 0 Å². The number of hydrogen-bond donors (Lipinski definition) is 0. The Morgan fingerprint density at radius 2 is 1.70 bits per heavy atom. The summed E-state index contributed by atoms with van der Waals surface area (Å²) in [5.74, 6) is 0.0520. The molecular weight excluding hydrogens is 380 g/mol. The van der Waals surface area contributed by atoms with Crippen molar-refractivity contribution in [3.05, 3.63) is 64.9 Å². The van der Waals surface area contributed by atoms with Gasteiger partial charge in [-0.3, -0.25) is 4.79 Å². The van der Waals surface area contributed by atoms with Gasteiger partial charge in [0.25, 0.3) is 0 Å². The highest BCUT2D eigenvalue weighted by atomic mass is 32.2. The lowest BCUT2D eigenvalue weighted by atomic mass is 10.1. The van der Waals surface area contributed by atoms with E-state index in [4.69, 9.17) is 0 Å². The SMILES string of the molecule is O=C(Cc1ccsc1)N1CCN(S(=O)(=O)c2ccc3ccccc3c2)CC1. The average Bonchev–Trinajstić information content (AvgIpc) is 3.20. The Labute approximate surface area is 162 Å². The van der Waals surface area contributed by atoms with Gasteiger partial charge in [-0.15, -0.1) is 0 Å². The second-order valence-corrected chi connectivity index (χ2v) is 9.32. The van der Waals surface area contributed by atoms with Crippen molar-refractivity contribution in [3.8, 4) is 0 Å². The first-order chi connectivity index (χ1) is 13.0. The molecule has 140 valence electrons. The number of carbonyl (C=O) groups is 1. The number of nitrogens with zero attached hydrogens (tertiary/aromatic N) is 2. The number of piperazine rings is 1. The van der Waals surface area contributed by atoms with Gasteiger partial charge in [0.2, 0.25) is 15.9 Å². The smallest absolute Gasteiger partial charge is 0.243 e. The summed E-state index contributed by atoms with van der Waals surface area (Å²) >= 11 is 1.57. The molecule has 0 atom stereocenters. The number of carbonyl (C=O) groups excluding carboxylic acids is 1. The Balaban J connectivity index is 1.45. The zero-order valence-electron chi connectivity index (χ0n) is 14.7. The summed E-state index contributed by atoms with van der Waals surface area (Å²) < 4.78 is 27.5. The van der Waals surface area contributed by atoms with Crippen LogP contribution in [0.5, 0.6) is 0 Å². The quantitative estimate of drug-likeness (QED) is 0.677. The minimum Gasteiger partial charge on any atom is -0.340 e. The van der Waals surface area contributed by atoms with E-state index in [1.54, 1.807) is 28.4 Å². The molecule has 2 heterocycles. The second-order valence-electron chi connectivity index (χ2n) is 6.60. The second kappa shape index (κ2) is 7.42. The molecule has 1 aliphatic rings. The zero-order valence-corrected chi connectivity index (χ0v) is 16.4. The molecule has 0 N–H and O–H groups in total. The monoisotopic (exact) mass is 400 g/mol. The van der Waals surface area contributed by atoms with Crippen molar-refractivity contribution in [2.45, 2.75) is 11.3 Å². The lowest BCUT2D eigenvalue weighted by molar-refractivity contribution is -0.131. The third-order valence-electron chi connectivity index (χ3n) is 4.89. The molecule has 1 saturated heterocycles. The van der Waals surface area contributed by atoms with Crippen molar-refractivity contribution in [1.82, 2.24) is 9.21 Å². The fourth-order valence-electron chi connectivity index (χ4n) is 3.33. The van der Waals surface area contributed by atoms with Crippen molar-refractivity contribution in [1.29, 1.82) is 0 Å². The van der Waals surface area contributed by atoms with Gasteiger partial charge in [-0.1, -0.05) is 30.3 Å². The maximum Gasteiger partial charge on any atom is 0.243 e. The summed E-state index contributed by atoms with van der Waals surface area (Å²) in [6.45, 7) is 1.50. The van der Waals surface area contributed by atoms with E-state index in [0.29, 0.717) is 37.5 Å². The van der Waals surface area contributed by atoms with Gasteiger partial charge in [-0.2, -0.15) is 15.6 Å². The highest BCUT2D eigenvalue weighted by Gasteiger charge is 2.30. The van der Waals surface area contributed by atoms with E-state index in [9.17, 15) is 13.2 Å². The molecule has 1 fully saturated rings. The van der Waals surface area contributed by atoms with Crippen LogP contribution in [-0.4, -0.2) is 49.7 Å². The van der Waals surface area contributed by atoms with Gasteiger partial charge in [-0.05, 0) is 45.3 Å². The third kappa shape index (κ3) is 3.76. The molecule has 0 saturated carbocycles. The predicted octanol–water partition coefficient (Wildman–Crippen LogP) is 2.98. The summed E-state index contributed by atoms with van der Waals surface area (Å²) in [6, 6.07) is 14.9. The molecule has 1 amide bonds. The number of benzene rings is 2. The summed E-state index contributed by atoms with van der Waals surface area (Å²) in [5, 5.41) is 5.85. The molecule has 0 radical (unpaired) electrons. The molecule has 0 aliphatic carbocycles. The molecule has 2 aromatic carbocycles. The van der Waals surface area contributed by atoms with E-state index in [2.05, 4.69) is 0 Å². The van der Waals surface area contributed by atoms with Gasteiger partial charge in [0.15, 0.2) is 0 Å². The molecule has 3 aromatic rings. The van der Waals surface area contributed by atoms with Gasteiger partial charge in [-0.25, -0.2) is 8.42 Å². The lowest BCUT2D eigenvalue weighted by Gasteiger charge is -2.34. The number of sulfonamides is 1. The summed E-state index contributed by atoms with van der Waals surface area (Å²) in [5.41, 5.74) is 1.01. The maximum atomic E-state index is 13.0. The van der Waals surface area contributed by atoms with Gasteiger partial charge in [0.05, 0.1) is 11.3 Å². The number of rotatable bonds is 4. The normalized spacial score (nSPS) is 15.9. The van der Waals surface area contributed by atoms with Crippen molar-refractivity contribution in [2.75, 3.05) is 26.2 Å². The molecule has 7 heteroatoms. The third-order valence-corrected chi connectivity index (χ3v) is 7.51. The van der Waals surface area contributed by atoms with E-state index in [1.165, 1.54) is 4.31 Å². The molecule has 27 heavy (non-hydrogen) atoms. The van der Waals surface area contributed by atoms with Crippen LogP contribution in [0.3, 0.4) is 0 Å². The van der Waals surface area contributed by atoms with E-state index in [1.807, 2.05) is 47.2 Å². The number of hydrogen-bond acceptors (Lipinski definition) is 4. The molecule has 0 spiro atoms. The average molecular weight is 401 g/mol. The van der Waals surface area contributed by atoms with Crippen LogP contribution < -0.4 is 0 Å². The van der Waals surface area contributed by atoms with Crippen LogP contribution in [0.4, 0.5) is 0 Å². The van der Waals surface area contributed by atoms with Crippen molar-refractivity contribution < 1.29 is 13.2 Å². The standard InChI is InChI=1S/C20H20N2O3S2/c23-20(13-16-7-12-26-15-16)21-8-10-22(11-9-21)27(24,25)19-6-5-17-3-1-2-4-18(17)14-19/h1-7,12,14-15H,8-11,13H2. The number of amides is 1. The summed E-state index contributed by atoms with van der Waals surface area (Å²) in [4.78, 5) is 14.5. The summed E-state index contributed by atoms with van der Waals surface area (Å²) in [7, 11) is -3.56. The van der Waals surface area contributed by atoms with Crippen LogP contribution >= 0.6 is 11.3 Å². The van der Waals surface area contributed by atoms with Crippen LogP contribution in [0.25, 0.3) is 10.8 Å². The highest BCUT2D eigenvalue weighted by molar-refractivity contribution is 7.89. The molecule has 1 aromatic heterocycles. The largest absolute Gasteiger partial charge is 0.340 e. The van der Waals surface area contributed by atoms with E-state index in [-0.39, 0.29) is 5.91 Å². The van der Waals surface area contributed by atoms with Gasteiger partial charge < -0.3 is 4.90 Å². The van der Waals surface area contributed by atoms with Crippen molar-refractivity contribution >= 4 is 38.0 Å². The first-order valence-electron chi connectivity index (χ1n) is 8.82. The first-order valence-corrected chi connectivity index (χ1v) is 11.2. The minimum absolute atomic E-state index is 0.0520. The van der Waals surface area contributed by atoms with Crippen LogP contribution in [0.15, 0.2) is 64.2 Å². The molecule has 0 bridgehead atoms. The highest BCUT2D eigenvalue weighted by Crippen LogP contribution is 2.23. The lowest BCUT2D eigenvalue weighted by Crippen LogP contribution is -2.50. The molecule has 5 nitrogen and oxygen atoms in total. The Hall–Kier alpha value is -2.22. The molecule has 1 aliphatic heterocycles. The van der Waals surface area contributed by atoms with Gasteiger partial charge in [0, 0.05) is 26.2 Å². The van der Waals surface area contributed by atoms with Gasteiger partial charge in [0.1, 0.15) is 0 Å². The van der Waals surface area contributed by atoms with Crippen molar-refractivity contribution in [3.63, 3.8) is 0 Å². The Bertz CT molecular complexity index is 1050. The summed E-state index contributed by atoms with van der Waals surface area (Å²) in [6.07, 6.45) is 0.376. The van der Waals surface area contributed by atoms with Crippen molar-refractivity contribution in [2.24, 2.45) is 0 Å². The Morgan fingerprint density at radius 1 is 0.963 bits per heavy atom. The molecular formula is C20H20N2O3S2. The van der Waals surface area contributed by atoms with E-state index >= 15 is 0 Å². The Morgan fingerprint density at radius 3 is 2.41 bits per heavy atom. The molecule has 4 rings (SSSR count). The number of thiophene rings is 1. The fourth-order valence-corrected chi connectivity index (χ4v) is 5.46. The zero-order chi connectivity index (χ0) is 18.9. The van der Waals surface area contributed by atoms with Crippen LogP contribution in [0, 0.1) is 0 Å². The van der Waals surface area contributed by atoms with E-state index < -0.39 is 10.0 Å². The van der Waals surface area contributed by atoms with Crippen LogP contribution in [-0.2, 0) is 21.2 Å². The van der Waals surface area contributed by atoms with Crippen LogP contribution in [0.2, 0.25) is 0 Å². The maximum absolute atomic E-state index is 13.0. The first kappa shape index (κ1) is 18.2. The Kier molecular flexibility index (Phi) is 4.99. The predicted molar refractivity (Wildman–Crippen MR) is 107 cm³/mol. The number of fused-ring (bicyclic) bond motifs is 1. The van der Waals surface area contributed by atoms with E-state index in [0.717, 1.165) is 16.3 Å². The fraction of sp³-hybridized carbons (Fsp3) is 0.250.